The SMILES string of the molecule is COc1ccccc1C(=O)N/N=C\c1cccn1C. The molecule has 1 heterocycles. The average Bonchev–Trinajstić information content (AvgIpc) is 2.84. The van der Waals surface area contributed by atoms with E-state index in [1.54, 1.807) is 24.4 Å². The zero-order valence-corrected chi connectivity index (χ0v) is 10.8. The van der Waals surface area contributed by atoms with E-state index in [1.165, 1.54) is 7.11 Å². The monoisotopic (exact) mass is 257 g/mol. The van der Waals surface area contributed by atoms with Crippen LogP contribution in [-0.2, 0) is 7.05 Å². The zero-order chi connectivity index (χ0) is 13.7. The van der Waals surface area contributed by atoms with E-state index >= 15 is 0 Å². The molecule has 0 spiro atoms. The van der Waals surface area contributed by atoms with Crippen LogP contribution in [0.2, 0.25) is 0 Å². The van der Waals surface area contributed by atoms with Crippen LogP contribution in [0.25, 0.3) is 0 Å². The molecule has 0 radical (unpaired) electrons. The number of para-hydroxylation sites is 1. The second-order valence-electron chi connectivity index (χ2n) is 3.94. The molecule has 1 N–H and O–H groups in total. The molecule has 1 aromatic carbocycles. The number of aryl methyl sites for hydroxylation is 1. The molecule has 0 bridgehead atoms. The van der Waals surface area contributed by atoms with Crippen LogP contribution < -0.4 is 10.2 Å². The number of nitrogens with one attached hydrogen (secondary N) is 1. The maximum Gasteiger partial charge on any atom is 0.275 e. The van der Waals surface area contributed by atoms with Gasteiger partial charge in [0.05, 0.1) is 24.6 Å². The first-order valence-corrected chi connectivity index (χ1v) is 5.80. The van der Waals surface area contributed by atoms with E-state index in [0.717, 1.165) is 5.69 Å². The second-order valence-corrected chi connectivity index (χ2v) is 3.94. The van der Waals surface area contributed by atoms with Gasteiger partial charge in [-0.2, -0.15) is 5.10 Å². The maximum absolute atomic E-state index is 11.9. The van der Waals surface area contributed by atoms with Gasteiger partial charge in [0, 0.05) is 13.2 Å². The fourth-order valence-electron chi connectivity index (χ4n) is 1.66. The lowest BCUT2D eigenvalue weighted by Crippen LogP contribution is -2.18. The molecule has 0 aliphatic heterocycles. The first-order valence-electron chi connectivity index (χ1n) is 5.80. The number of hydrogen-bond acceptors (Lipinski definition) is 3. The Morgan fingerprint density at radius 1 is 1.32 bits per heavy atom. The number of rotatable bonds is 4. The number of nitrogens with zero attached hydrogens (tertiary/aromatic N) is 2. The molecule has 98 valence electrons. The van der Waals surface area contributed by atoms with Crippen LogP contribution in [-0.4, -0.2) is 23.8 Å². The number of ether oxygens (including phenoxy) is 1. The molecule has 0 saturated heterocycles. The summed E-state index contributed by atoms with van der Waals surface area (Å²) in [7, 11) is 3.43. The van der Waals surface area contributed by atoms with Crippen molar-refractivity contribution in [2.75, 3.05) is 7.11 Å². The zero-order valence-electron chi connectivity index (χ0n) is 10.8. The predicted molar refractivity (Wildman–Crippen MR) is 73.5 cm³/mol. The first kappa shape index (κ1) is 12.9. The third kappa shape index (κ3) is 3.01. The Hall–Kier alpha value is -2.56. The van der Waals surface area contributed by atoms with Crippen LogP contribution in [0.15, 0.2) is 47.7 Å². The molecule has 5 nitrogen and oxygen atoms in total. The lowest BCUT2D eigenvalue weighted by Gasteiger charge is -2.05. The Morgan fingerprint density at radius 3 is 2.79 bits per heavy atom. The number of amides is 1. The summed E-state index contributed by atoms with van der Waals surface area (Å²) >= 11 is 0. The van der Waals surface area contributed by atoms with Gasteiger partial charge in [0.2, 0.25) is 0 Å². The number of carbonyl (C=O) groups is 1. The number of hydrogen-bond donors (Lipinski definition) is 1. The highest BCUT2D eigenvalue weighted by Crippen LogP contribution is 2.16. The number of carbonyl (C=O) groups excluding carboxylic acids is 1. The molecule has 2 aromatic rings. The van der Waals surface area contributed by atoms with Gasteiger partial charge in [0.1, 0.15) is 5.75 Å². The van der Waals surface area contributed by atoms with Crippen LogP contribution in [0, 0.1) is 0 Å². The van der Waals surface area contributed by atoms with Gasteiger partial charge in [-0.05, 0) is 24.3 Å². The molecule has 0 aliphatic carbocycles. The molecular formula is C14H15N3O2. The van der Waals surface area contributed by atoms with E-state index in [4.69, 9.17) is 4.74 Å². The Morgan fingerprint density at radius 2 is 2.11 bits per heavy atom. The smallest absolute Gasteiger partial charge is 0.275 e. The minimum absolute atomic E-state index is 0.303. The maximum atomic E-state index is 11.9. The van der Waals surface area contributed by atoms with E-state index in [2.05, 4.69) is 10.5 Å². The quantitative estimate of drug-likeness (QED) is 0.670. The molecule has 0 aliphatic rings. The summed E-state index contributed by atoms with van der Waals surface area (Å²) in [5.41, 5.74) is 3.83. The van der Waals surface area contributed by atoms with E-state index in [9.17, 15) is 4.79 Å². The molecule has 0 unspecified atom stereocenters. The van der Waals surface area contributed by atoms with Crippen LogP contribution in [0.4, 0.5) is 0 Å². The van der Waals surface area contributed by atoms with Crippen LogP contribution >= 0.6 is 0 Å². The summed E-state index contributed by atoms with van der Waals surface area (Å²) in [6, 6.07) is 10.8. The fourth-order valence-corrected chi connectivity index (χ4v) is 1.66. The lowest BCUT2D eigenvalue weighted by atomic mass is 10.2. The van der Waals surface area contributed by atoms with Crippen molar-refractivity contribution in [2.45, 2.75) is 0 Å². The second kappa shape index (κ2) is 5.86. The normalized spacial score (nSPS) is 10.6. The van der Waals surface area contributed by atoms with Crippen LogP contribution in [0.5, 0.6) is 5.75 Å². The van der Waals surface area contributed by atoms with Gasteiger partial charge in [-0.25, -0.2) is 5.43 Å². The fraction of sp³-hybridized carbons (Fsp3) is 0.143. The van der Waals surface area contributed by atoms with Crippen molar-refractivity contribution in [3.63, 3.8) is 0 Å². The summed E-state index contributed by atoms with van der Waals surface area (Å²) in [5, 5.41) is 3.93. The summed E-state index contributed by atoms with van der Waals surface area (Å²) in [4.78, 5) is 11.9. The van der Waals surface area contributed by atoms with Crippen molar-refractivity contribution in [1.82, 2.24) is 9.99 Å². The van der Waals surface area contributed by atoms with Crippen molar-refractivity contribution < 1.29 is 9.53 Å². The van der Waals surface area contributed by atoms with Crippen molar-refractivity contribution in [3.05, 3.63) is 53.9 Å². The van der Waals surface area contributed by atoms with Gasteiger partial charge in [0.25, 0.3) is 5.91 Å². The molecule has 1 aromatic heterocycles. The van der Waals surface area contributed by atoms with Gasteiger partial charge in [-0.15, -0.1) is 0 Å². The van der Waals surface area contributed by atoms with Gasteiger partial charge in [-0.3, -0.25) is 4.79 Å². The Bertz CT molecular complexity index is 602. The molecule has 19 heavy (non-hydrogen) atoms. The number of benzene rings is 1. The lowest BCUT2D eigenvalue weighted by molar-refractivity contribution is 0.0952. The molecule has 2 rings (SSSR count). The molecule has 0 atom stereocenters. The highest BCUT2D eigenvalue weighted by molar-refractivity contribution is 5.97. The topological polar surface area (TPSA) is 55.6 Å². The minimum Gasteiger partial charge on any atom is -0.496 e. The summed E-state index contributed by atoms with van der Waals surface area (Å²) in [6.45, 7) is 0. The first-order chi connectivity index (χ1) is 9.22. The predicted octanol–water partition coefficient (Wildman–Crippen LogP) is 1.80. The largest absolute Gasteiger partial charge is 0.496 e. The standard InChI is InChI=1S/C14H15N3O2/c1-17-9-5-6-11(17)10-15-16-14(18)12-7-3-4-8-13(12)19-2/h3-10H,1-2H3,(H,16,18)/b15-10-. The van der Waals surface area contributed by atoms with Gasteiger partial charge in [0.15, 0.2) is 0 Å². The molecule has 0 saturated carbocycles. The molecular weight excluding hydrogens is 242 g/mol. The summed E-state index contributed by atoms with van der Waals surface area (Å²) in [6.07, 6.45) is 3.50. The molecule has 0 fully saturated rings. The van der Waals surface area contributed by atoms with Crippen LogP contribution in [0.1, 0.15) is 16.1 Å². The summed E-state index contributed by atoms with van der Waals surface area (Å²) < 4.78 is 7.02. The number of aromatic nitrogens is 1. The van der Waals surface area contributed by atoms with Gasteiger partial charge >= 0.3 is 0 Å². The van der Waals surface area contributed by atoms with Crippen molar-refractivity contribution >= 4 is 12.1 Å². The average molecular weight is 257 g/mol. The third-order valence-electron chi connectivity index (χ3n) is 2.70. The van der Waals surface area contributed by atoms with E-state index < -0.39 is 0 Å². The molecule has 1 amide bonds. The van der Waals surface area contributed by atoms with Gasteiger partial charge in [-0.1, -0.05) is 12.1 Å². The van der Waals surface area contributed by atoms with Gasteiger partial charge < -0.3 is 9.30 Å². The van der Waals surface area contributed by atoms with E-state index in [1.807, 2.05) is 36.0 Å². The third-order valence-corrected chi connectivity index (χ3v) is 2.70. The number of methoxy groups -OCH3 is 1. The van der Waals surface area contributed by atoms with Crippen molar-refractivity contribution in [3.8, 4) is 5.75 Å². The highest BCUT2D eigenvalue weighted by Gasteiger charge is 2.09. The molecule has 5 heteroatoms. The van der Waals surface area contributed by atoms with E-state index in [-0.39, 0.29) is 5.91 Å². The minimum atomic E-state index is -0.303. The Labute approximate surface area is 111 Å². The van der Waals surface area contributed by atoms with Crippen LogP contribution in [0.3, 0.4) is 0 Å². The summed E-state index contributed by atoms with van der Waals surface area (Å²) in [5.74, 6) is 0.219. The Kier molecular flexibility index (Phi) is 3.97. The van der Waals surface area contributed by atoms with Crippen molar-refractivity contribution in [2.24, 2.45) is 12.1 Å². The van der Waals surface area contributed by atoms with E-state index in [0.29, 0.717) is 11.3 Å². The Balaban J connectivity index is 2.06. The number of hydrazone groups is 1. The highest BCUT2D eigenvalue weighted by atomic mass is 16.5. The van der Waals surface area contributed by atoms with Crippen molar-refractivity contribution in [1.29, 1.82) is 0 Å².